The molecule has 2 heterocycles. The topological polar surface area (TPSA) is 50.8 Å². The van der Waals surface area contributed by atoms with Gasteiger partial charge in [0.2, 0.25) is 5.91 Å². The highest BCUT2D eigenvalue weighted by Crippen LogP contribution is 2.17. The number of benzene rings is 1. The number of carbonyl (C=O) groups excluding carboxylic acids is 1. The van der Waals surface area contributed by atoms with E-state index in [-0.39, 0.29) is 11.8 Å². The normalized spacial score (nSPS) is 23.2. The summed E-state index contributed by atoms with van der Waals surface area (Å²) in [6.07, 6.45) is 1.89. The molecule has 3 rings (SSSR count). The SMILES string of the molecule is O=C(Nc1ccc(CN2CCOCC2)cc1)C1CCCOC1. The first kappa shape index (κ1) is 15.5. The number of hydrogen-bond acceptors (Lipinski definition) is 4. The molecule has 2 fully saturated rings. The standard InChI is InChI=1S/C17H24N2O3/c20-17(15-2-1-9-22-13-15)18-16-5-3-14(4-6-16)12-19-7-10-21-11-8-19/h3-6,15H,1-2,7-13H2,(H,18,20). The summed E-state index contributed by atoms with van der Waals surface area (Å²) in [7, 11) is 0. The zero-order valence-corrected chi connectivity index (χ0v) is 12.9. The molecule has 2 saturated heterocycles. The van der Waals surface area contributed by atoms with Crippen molar-refractivity contribution in [3.8, 4) is 0 Å². The molecular formula is C17H24N2O3. The van der Waals surface area contributed by atoms with E-state index in [1.807, 2.05) is 12.1 Å². The smallest absolute Gasteiger partial charge is 0.229 e. The average molecular weight is 304 g/mol. The summed E-state index contributed by atoms with van der Waals surface area (Å²) in [6.45, 7) is 5.87. The molecule has 1 aromatic carbocycles. The lowest BCUT2D eigenvalue weighted by atomic mass is 10.0. The molecule has 1 unspecified atom stereocenters. The minimum Gasteiger partial charge on any atom is -0.381 e. The van der Waals surface area contributed by atoms with E-state index in [2.05, 4.69) is 22.3 Å². The molecule has 0 radical (unpaired) electrons. The highest BCUT2D eigenvalue weighted by molar-refractivity contribution is 5.92. The van der Waals surface area contributed by atoms with Gasteiger partial charge in [-0.05, 0) is 30.5 Å². The van der Waals surface area contributed by atoms with Crippen LogP contribution in [0.15, 0.2) is 24.3 Å². The van der Waals surface area contributed by atoms with Crippen LogP contribution in [0.5, 0.6) is 0 Å². The van der Waals surface area contributed by atoms with Gasteiger partial charge in [-0.15, -0.1) is 0 Å². The van der Waals surface area contributed by atoms with Crippen molar-refractivity contribution in [1.29, 1.82) is 0 Å². The van der Waals surface area contributed by atoms with Crippen LogP contribution < -0.4 is 5.32 Å². The summed E-state index contributed by atoms with van der Waals surface area (Å²) in [5.41, 5.74) is 2.13. The lowest BCUT2D eigenvalue weighted by Crippen LogP contribution is -2.35. The molecule has 1 amide bonds. The Morgan fingerprint density at radius 3 is 2.59 bits per heavy atom. The lowest BCUT2D eigenvalue weighted by molar-refractivity contribution is -0.123. The first-order valence-electron chi connectivity index (χ1n) is 8.09. The number of ether oxygens (including phenoxy) is 2. The van der Waals surface area contributed by atoms with Crippen LogP contribution in [0.4, 0.5) is 5.69 Å². The largest absolute Gasteiger partial charge is 0.381 e. The van der Waals surface area contributed by atoms with Gasteiger partial charge in [-0.3, -0.25) is 9.69 Å². The predicted molar refractivity (Wildman–Crippen MR) is 84.7 cm³/mol. The van der Waals surface area contributed by atoms with E-state index in [0.717, 1.165) is 58.0 Å². The van der Waals surface area contributed by atoms with Gasteiger partial charge in [0.25, 0.3) is 0 Å². The van der Waals surface area contributed by atoms with E-state index in [4.69, 9.17) is 9.47 Å². The lowest BCUT2D eigenvalue weighted by Gasteiger charge is -2.26. The summed E-state index contributed by atoms with van der Waals surface area (Å²) < 4.78 is 10.7. The summed E-state index contributed by atoms with van der Waals surface area (Å²) in [5.74, 6) is 0.0578. The van der Waals surface area contributed by atoms with Crippen molar-refractivity contribution >= 4 is 11.6 Å². The molecule has 0 aliphatic carbocycles. The first-order valence-corrected chi connectivity index (χ1v) is 8.09. The molecule has 0 aromatic heterocycles. The minimum atomic E-state index is -0.0122. The van der Waals surface area contributed by atoms with Crippen LogP contribution in [-0.2, 0) is 20.8 Å². The van der Waals surface area contributed by atoms with E-state index < -0.39 is 0 Å². The minimum absolute atomic E-state index is 0.0122. The Labute approximate surface area is 131 Å². The van der Waals surface area contributed by atoms with E-state index in [1.54, 1.807) is 0 Å². The second kappa shape index (κ2) is 7.72. The van der Waals surface area contributed by atoms with Crippen molar-refractivity contribution in [1.82, 2.24) is 4.90 Å². The quantitative estimate of drug-likeness (QED) is 0.923. The van der Waals surface area contributed by atoms with Gasteiger partial charge >= 0.3 is 0 Å². The van der Waals surface area contributed by atoms with Gasteiger partial charge in [0.1, 0.15) is 0 Å². The third-order valence-corrected chi connectivity index (χ3v) is 4.26. The van der Waals surface area contributed by atoms with Crippen LogP contribution in [-0.4, -0.2) is 50.3 Å². The highest BCUT2D eigenvalue weighted by Gasteiger charge is 2.21. The molecule has 0 spiro atoms. The van der Waals surface area contributed by atoms with Crippen molar-refractivity contribution in [2.75, 3.05) is 44.8 Å². The van der Waals surface area contributed by atoms with Crippen LogP contribution in [0.2, 0.25) is 0 Å². The van der Waals surface area contributed by atoms with Crippen LogP contribution in [0.3, 0.4) is 0 Å². The van der Waals surface area contributed by atoms with Crippen molar-refractivity contribution < 1.29 is 14.3 Å². The second-order valence-electron chi connectivity index (χ2n) is 5.99. The number of nitrogens with zero attached hydrogens (tertiary/aromatic N) is 1. The van der Waals surface area contributed by atoms with Crippen LogP contribution >= 0.6 is 0 Å². The number of rotatable bonds is 4. The number of amides is 1. The number of carbonyl (C=O) groups is 1. The molecule has 2 aliphatic rings. The monoisotopic (exact) mass is 304 g/mol. The molecule has 120 valence electrons. The Morgan fingerprint density at radius 2 is 1.91 bits per heavy atom. The zero-order chi connectivity index (χ0) is 15.2. The van der Waals surface area contributed by atoms with Crippen molar-refractivity contribution in [2.24, 2.45) is 5.92 Å². The van der Waals surface area contributed by atoms with Crippen molar-refractivity contribution in [3.05, 3.63) is 29.8 Å². The van der Waals surface area contributed by atoms with Crippen LogP contribution in [0.1, 0.15) is 18.4 Å². The number of nitrogens with one attached hydrogen (secondary N) is 1. The highest BCUT2D eigenvalue weighted by atomic mass is 16.5. The maximum Gasteiger partial charge on any atom is 0.229 e. The Hall–Kier alpha value is -1.43. The summed E-state index contributed by atoms with van der Waals surface area (Å²) >= 11 is 0. The molecular weight excluding hydrogens is 280 g/mol. The van der Waals surface area contributed by atoms with Gasteiger partial charge in [0.05, 0.1) is 25.7 Å². The Kier molecular flexibility index (Phi) is 5.43. The molecule has 1 aromatic rings. The fraction of sp³-hybridized carbons (Fsp3) is 0.588. The van der Waals surface area contributed by atoms with Crippen LogP contribution in [0.25, 0.3) is 0 Å². The van der Waals surface area contributed by atoms with Gasteiger partial charge < -0.3 is 14.8 Å². The molecule has 22 heavy (non-hydrogen) atoms. The van der Waals surface area contributed by atoms with Crippen molar-refractivity contribution in [2.45, 2.75) is 19.4 Å². The van der Waals surface area contributed by atoms with Gasteiger partial charge in [-0.25, -0.2) is 0 Å². The number of morpholine rings is 1. The average Bonchev–Trinajstić information content (AvgIpc) is 2.58. The predicted octanol–water partition coefficient (Wildman–Crippen LogP) is 1.88. The molecule has 0 bridgehead atoms. The zero-order valence-electron chi connectivity index (χ0n) is 12.9. The second-order valence-corrected chi connectivity index (χ2v) is 5.99. The Balaban J connectivity index is 1.51. The summed E-state index contributed by atoms with van der Waals surface area (Å²) in [6, 6.07) is 8.14. The fourth-order valence-corrected chi connectivity index (χ4v) is 2.90. The Morgan fingerprint density at radius 1 is 1.14 bits per heavy atom. The van der Waals surface area contributed by atoms with E-state index in [9.17, 15) is 4.79 Å². The van der Waals surface area contributed by atoms with E-state index in [0.29, 0.717) is 6.61 Å². The molecule has 0 saturated carbocycles. The van der Waals surface area contributed by atoms with E-state index >= 15 is 0 Å². The number of hydrogen-bond donors (Lipinski definition) is 1. The maximum absolute atomic E-state index is 12.2. The maximum atomic E-state index is 12.2. The third-order valence-electron chi connectivity index (χ3n) is 4.26. The summed E-state index contributed by atoms with van der Waals surface area (Å²) in [5, 5.41) is 2.99. The Bertz CT molecular complexity index is 477. The third kappa shape index (κ3) is 4.29. The summed E-state index contributed by atoms with van der Waals surface area (Å²) in [4.78, 5) is 14.5. The fourth-order valence-electron chi connectivity index (χ4n) is 2.90. The van der Waals surface area contributed by atoms with Gasteiger partial charge in [-0.2, -0.15) is 0 Å². The molecule has 5 nitrogen and oxygen atoms in total. The molecule has 5 heteroatoms. The van der Waals surface area contributed by atoms with E-state index in [1.165, 1.54) is 5.56 Å². The number of anilines is 1. The molecule has 1 N–H and O–H groups in total. The first-order chi connectivity index (χ1) is 10.8. The van der Waals surface area contributed by atoms with Gasteiger partial charge in [-0.1, -0.05) is 12.1 Å². The molecule has 2 aliphatic heterocycles. The van der Waals surface area contributed by atoms with Crippen molar-refractivity contribution in [3.63, 3.8) is 0 Å². The van der Waals surface area contributed by atoms with Gasteiger partial charge in [0.15, 0.2) is 0 Å². The van der Waals surface area contributed by atoms with Gasteiger partial charge in [0, 0.05) is 31.9 Å². The molecule has 1 atom stereocenters. The van der Waals surface area contributed by atoms with Crippen LogP contribution in [0, 0.1) is 5.92 Å².